The fraction of sp³-hybridized carbons (Fsp3) is 0.200. The minimum Gasteiger partial charge on any atom is -0.364 e. The van der Waals surface area contributed by atoms with Crippen LogP contribution in [0.1, 0.15) is 17.4 Å². The van der Waals surface area contributed by atoms with Crippen LogP contribution in [0.5, 0.6) is 0 Å². The summed E-state index contributed by atoms with van der Waals surface area (Å²) in [4.78, 5) is 0. The molecule has 0 radical (unpaired) electrons. The van der Waals surface area contributed by atoms with Crippen LogP contribution in [-0.4, -0.2) is 11.7 Å². The van der Waals surface area contributed by atoms with E-state index in [4.69, 9.17) is 4.74 Å². The van der Waals surface area contributed by atoms with E-state index in [1.165, 1.54) is 5.56 Å². The Balaban J connectivity index is 1.79. The highest BCUT2D eigenvalue weighted by Crippen LogP contribution is 2.13. The molecule has 1 unspecified atom stereocenters. The van der Waals surface area contributed by atoms with Gasteiger partial charge in [-0.15, -0.1) is 0 Å². The average molecular weight is 228 g/mol. The van der Waals surface area contributed by atoms with Gasteiger partial charge in [0, 0.05) is 5.56 Å². The van der Waals surface area contributed by atoms with E-state index in [1.807, 2.05) is 48.5 Å². The average Bonchev–Trinajstić information content (AvgIpc) is 2.41. The highest BCUT2D eigenvalue weighted by molar-refractivity contribution is 5.16. The van der Waals surface area contributed by atoms with Crippen molar-refractivity contribution >= 4 is 0 Å². The second-order valence-electron chi connectivity index (χ2n) is 3.87. The maximum atomic E-state index is 9.78. The number of benzene rings is 2. The van der Waals surface area contributed by atoms with Gasteiger partial charge in [0.25, 0.3) is 0 Å². The van der Waals surface area contributed by atoms with Crippen molar-refractivity contribution in [2.75, 3.05) is 6.61 Å². The second-order valence-corrected chi connectivity index (χ2v) is 3.87. The van der Waals surface area contributed by atoms with Gasteiger partial charge >= 0.3 is 0 Å². The molecule has 0 aromatic heterocycles. The van der Waals surface area contributed by atoms with Crippen molar-refractivity contribution in [2.45, 2.75) is 12.7 Å². The van der Waals surface area contributed by atoms with E-state index in [0.717, 1.165) is 12.0 Å². The van der Waals surface area contributed by atoms with Crippen LogP contribution < -0.4 is 0 Å². The van der Waals surface area contributed by atoms with Crippen LogP contribution >= 0.6 is 0 Å². The molecule has 2 rings (SSSR count). The molecule has 0 spiro atoms. The summed E-state index contributed by atoms with van der Waals surface area (Å²) in [7, 11) is 0. The Kier molecular flexibility index (Phi) is 4.30. The molecule has 2 aromatic carbocycles. The highest BCUT2D eigenvalue weighted by atomic mass is 16.6. The lowest BCUT2D eigenvalue weighted by molar-refractivity contribution is -0.102. The van der Waals surface area contributed by atoms with E-state index < -0.39 is 6.29 Å². The van der Waals surface area contributed by atoms with Crippen molar-refractivity contribution in [1.82, 2.24) is 0 Å². The van der Waals surface area contributed by atoms with Crippen LogP contribution in [0.4, 0.5) is 0 Å². The molecule has 0 aliphatic heterocycles. The first-order valence-electron chi connectivity index (χ1n) is 5.75. The van der Waals surface area contributed by atoms with Crippen LogP contribution in [0.3, 0.4) is 0 Å². The molecule has 1 atom stereocenters. The van der Waals surface area contributed by atoms with Gasteiger partial charge in [-0.3, -0.25) is 0 Å². The van der Waals surface area contributed by atoms with Crippen molar-refractivity contribution in [3.63, 3.8) is 0 Å². The van der Waals surface area contributed by atoms with Gasteiger partial charge < -0.3 is 9.84 Å². The highest BCUT2D eigenvalue weighted by Gasteiger charge is 2.05. The number of aliphatic hydroxyl groups excluding tert-OH is 1. The van der Waals surface area contributed by atoms with Gasteiger partial charge in [-0.1, -0.05) is 60.7 Å². The van der Waals surface area contributed by atoms with Gasteiger partial charge in [0.05, 0.1) is 6.61 Å². The predicted octanol–water partition coefficient (Wildman–Crippen LogP) is 2.94. The van der Waals surface area contributed by atoms with E-state index in [1.54, 1.807) is 0 Å². The Morgan fingerprint density at radius 1 is 0.882 bits per heavy atom. The predicted molar refractivity (Wildman–Crippen MR) is 67.5 cm³/mol. The van der Waals surface area contributed by atoms with Crippen LogP contribution in [-0.2, 0) is 11.2 Å². The Hall–Kier alpha value is -1.64. The number of hydrogen-bond acceptors (Lipinski definition) is 2. The zero-order valence-corrected chi connectivity index (χ0v) is 9.62. The molecule has 0 heterocycles. The fourth-order valence-electron chi connectivity index (χ4n) is 1.65. The molecule has 2 heteroatoms. The summed E-state index contributed by atoms with van der Waals surface area (Å²) in [6, 6.07) is 19.5. The summed E-state index contributed by atoms with van der Waals surface area (Å²) < 4.78 is 5.39. The lowest BCUT2D eigenvalue weighted by Gasteiger charge is -2.12. The largest absolute Gasteiger partial charge is 0.364 e. The van der Waals surface area contributed by atoms with E-state index >= 15 is 0 Å². The van der Waals surface area contributed by atoms with E-state index in [0.29, 0.717) is 6.61 Å². The first kappa shape index (κ1) is 11.8. The van der Waals surface area contributed by atoms with Crippen LogP contribution in [0.25, 0.3) is 0 Å². The summed E-state index contributed by atoms with van der Waals surface area (Å²) in [5.74, 6) is 0. The van der Waals surface area contributed by atoms with Crippen molar-refractivity contribution in [1.29, 1.82) is 0 Å². The van der Waals surface area contributed by atoms with E-state index in [2.05, 4.69) is 12.1 Å². The maximum absolute atomic E-state index is 9.78. The zero-order valence-electron chi connectivity index (χ0n) is 9.62. The van der Waals surface area contributed by atoms with Gasteiger partial charge in [0.2, 0.25) is 0 Å². The lowest BCUT2D eigenvalue weighted by Crippen LogP contribution is -2.06. The van der Waals surface area contributed by atoms with Crippen molar-refractivity contribution in [3.05, 3.63) is 71.8 Å². The van der Waals surface area contributed by atoms with Gasteiger partial charge in [-0.25, -0.2) is 0 Å². The van der Waals surface area contributed by atoms with Gasteiger partial charge in [-0.2, -0.15) is 0 Å². The minimum atomic E-state index is -0.833. The smallest absolute Gasteiger partial charge is 0.181 e. The van der Waals surface area contributed by atoms with Crippen LogP contribution in [0.15, 0.2) is 60.7 Å². The SMILES string of the molecule is OC(OCCc1ccccc1)c1ccccc1. The first-order valence-corrected chi connectivity index (χ1v) is 5.75. The third kappa shape index (κ3) is 3.70. The number of ether oxygens (including phenoxy) is 1. The first-order chi connectivity index (χ1) is 8.36. The Bertz CT molecular complexity index is 425. The molecule has 88 valence electrons. The molecule has 17 heavy (non-hydrogen) atoms. The zero-order chi connectivity index (χ0) is 11.9. The summed E-state index contributed by atoms with van der Waals surface area (Å²) in [5, 5.41) is 9.78. The third-order valence-corrected chi connectivity index (χ3v) is 2.59. The Labute approximate surface area is 101 Å². The van der Waals surface area contributed by atoms with Gasteiger partial charge in [0.1, 0.15) is 0 Å². The normalized spacial score (nSPS) is 12.3. The van der Waals surface area contributed by atoms with E-state index in [9.17, 15) is 5.11 Å². The third-order valence-electron chi connectivity index (χ3n) is 2.59. The standard InChI is InChI=1S/C15H16O2/c16-15(14-9-5-2-6-10-14)17-12-11-13-7-3-1-4-8-13/h1-10,15-16H,11-12H2. The van der Waals surface area contributed by atoms with E-state index in [-0.39, 0.29) is 0 Å². The molecular weight excluding hydrogens is 212 g/mol. The summed E-state index contributed by atoms with van der Waals surface area (Å²) in [6.45, 7) is 0.514. The molecule has 0 amide bonds. The molecule has 0 saturated carbocycles. The molecule has 0 aliphatic carbocycles. The summed E-state index contributed by atoms with van der Waals surface area (Å²) >= 11 is 0. The van der Waals surface area contributed by atoms with Crippen LogP contribution in [0.2, 0.25) is 0 Å². The Morgan fingerprint density at radius 3 is 2.12 bits per heavy atom. The number of aliphatic hydroxyl groups is 1. The molecule has 1 N–H and O–H groups in total. The van der Waals surface area contributed by atoms with Crippen LogP contribution in [0, 0.1) is 0 Å². The Morgan fingerprint density at radius 2 is 1.47 bits per heavy atom. The second kappa shape index (κ2) is 6.18. The van der Waals surface area contributed by atoms with Crippen molar-refractivity contribution < 1.29 is 9.84 Å². The molecule has 0 aliphatic rings. The topological polar surface area (TPSA) is 29.5 Å². The maximum Gasteiger partial charge on any atom is 0.181 e. The molecule has 0 bridgehead atoms. The lowest BCUT2D eigenvalue weighted by atomic mass is 10.2. The molecule has 2 nitrogen and oxygen atoms in total. The quantitative estimate of drug-likeness (QED) is 0.797. The number of rotatable bonds is 5. The number of hydrogen-bond donors (Lipinski definition) is 1. The van der Waals surface area contributed by atoms with Crippen molar-refractivity contribution in [2.24, 2.45) is 0 Å². The van der Waals surface area contributed by atoms with Gasteiger partial charge in [0.15, 0.2) is 6.29 Å². The fourth-order valence-corrected chi connectivity index (χ4v) is 1.65. The van der Waals surface area contributed by atoms with Crippen molar-refractivity contribution in [3.8, 4) is 0 Å². The minimum absolute atomic E-state index is 0.514. The molecule has 2 aromatic rings. The summed E-state index contributed by atoms with van der Waals surface area (Å²) in [6.07, 6.45) is -0.0232. The van der Waals surface area contributed by atoms with Gasteiger partial charge in [-0.05, 0) is 12.0 Å². The molecular formula is C15H16O2. The monoisotopic (exact) mass is 228 g/mol. The molecule has 0 fully saturated rings. The molecule has 0 saturated heterocycles. The summed E-state index contributed by atoms with van der Waals surface area (Å²) in [5.41, 5.74) is 2.01.